The van der Waals surface area contributed by atoms with Crippen molar-refractivity contribution in [1.29, 1.82) is 0 Å². The molecule has 2 aliphatic heterocycles. The summed E-state index contributed by atoms with van der Waals surface area (Å²) in [6.07, 6.45) is 4.92. The Bertz CT molecular complexity index is 1000. The van der Waals surface area contributed by atoms with Crippen molar-refractivity contribution >= 4 is 34.8 Å². The molecule has 0 atom stereocenters. The monoisotopic (exact) mass is 433 g/mol. The first-order valence-electron chi connectivity index (χ1n) is 9.12. The number of anilines is 1. The number of rotatable bonds is 4. The van der Waals surface area contributed by atoms with E-state index in [2.05, 4.69) is 20.7 Å². The van der Waals surface area contributed by atoms with Crippen LogP contribution in [0.1, 0.15) is 12.8 Å². The van der Waals surface area contributed by atoms with Crippen LogP contribution in [0.25, 0.3) is 11.3 Å². The average Bonchev–Trinajstić information content (AvgIpc) is 3.49. The fourth-order valence-corrected chi connectivity index (χ4v) is 4.37. The van der Waals surface area contributed by atoms with Crippen LogP contribution in [0.3, 0.4) is 0 Å². The lowest BCUT2D eigenvalue weighted by Crippen LogP contribution is -2.52. The third kappa shape index (κ3) is 3.57. The molecule has 3 aromatic rings. The summed E-state index contributed by atoms with van der Waals surface area (Å²) >= 11 is 1.41. The normalized spacial score (nSPS) is 16.8. The van der Waals surface area contributed by atoms with Crippen LogP contribution in [0.15, 0.2) is 42.0 Å². The predicted octanol–water partition coefficient (Wildman–Crippen LogP) is 2.87. The number of benzene rings is 1. The van der Waals surface area contributed by atoms with Gasteiger partial charge in [-0.15, -0.1) is 23.7 Å². The lowest BCUT2D eigenvalue weighted by atomic mass is 9.87. The van der Waals surface area contributed by atoms with Crippen molar-refractivity contribution in [1.82, 2.24) is 20.1 Å². The summed E-state index contributed by atoms with van der Waals surface area (Å²) in [5.74, 6) is 1.37. The van der Waals surface area contributed by atoms with Gasteiger partial charge < -0.3 is 14.8 Å². The molecule has 1 amide bonds. The minimum absolute atomic E-state index is 0. The zero-order chi connectivity index (χ0) is 19.0. The van der Waals surface area contributed by atoms with Crippen LogP contribution in [-0.4, -0.2) is 40.6 Å². The maximum Gasteiger partial charge on any atom is 0.254 e. The predicted molar refractivity (Wildman–Crippen MR) is 112 cm³/mol. The number of carbonyl (C=O) groups is 1. The van der Waals surface area contributed by atoms with Gasteiger partial charge in [0.25, 0.3) is 5.91 Å². The van der Waals surface area contributed by atoms with Crippen LogP contribution in [0.5, 0.6) is 11.5 Å². The highest BCUT2D eigenvalue weighted by molar-refractivity contribution is 7.14. The molecule has 0 unspecified atom stereocenters. The van der Waals surface area contributed by atoms with Crippen molar-refractivity contribution in [2.45, 2.75) is 18.4 Å². The highest BCUT2D eigenvalue weighted by Crippen LogP contribution is 2.37. The molecular weight excluding hydrogens is 414 g/mol. The second-order valence-corrected chi connectivity index (χ2v) is 7.65. The van der Waals surface area contributed by atoms with E-state index in [1.165, 1.54) is 11.3 Å². The molecule has 2 aromatic heterocycles. The van der Waals surface area contributed by atoms with Crippen LogP contribution in [0, 0.1) is 0 Å². The summed E-state index contributed by atoms with van der Waals surface area (Å²) in [6.45, 7) is 1.78. The molecular formula is C19H20ClN5O3S. The summed E-state index contributed by atoms with van der Waals surface area (Å²) in [4.78, 5) is 17.8. The Balaban J connectivity index is 0.00000205. The van der Waals surface area contributed by atoms with Crippen LogP contribution in [-0.2, 0) is 10.3 Å². The maximum atomic E-state index is 13.2. The first-order chi connectivity index (χ1) is 13.7. The molecule has 1 saturated heterocycles. The second kappa shape index (κ2) is 8.02. The number of carbonyl (C=O) groups excluding carboxylic acids is 1. The summed E-state index contributed by atoms with van der Waals surface area (Å²) in [6, 6.07) is 7.56. The van der Waals surface area contributed by atoms with Crippen molar-refractivity contribution in [3.8, 4) is 22.8 Å². The first kappa shape index (κ1) is 19.7. The molecule has 2 aliphatic rings. The Labute approximate surface area is 177 Å². The quantitative estimate of drug-likeness (QED) is 0.657. The molecule has 4 heterocycles. The standard InChI is InChI=1S/C19H19N5O3S.ClH/c25-17(19(4-7-20-8-5-19)24-9-1-6-21-24)23-18-22-14(11-28-18)13-2-3-15-16(10-13)27-12-26-15;/h1-3,6,9-11,20H,4-5,7-8,12H2,(H,22,23,25);1H. The van der Waals surface area contributed by atoms with Gasteiger partial charge in [-0.2, -0.15) is 5.10 Å². The Kier molecular flexibility index (Phi) is 5.44. The van der Waals surface area contributed by atoms with E-state index in [-0.39, 0.29) is 25.1 Å². The van der Waals surface area contributed by atoms with Gasteiger partial charge >= 0.3 is 0 Å². The minimum Gasteiger partial charge on any atom is -0.454 e. The summed E-state index contributed by atoms with van der Waals surface area (Å²) in [5.41, 5.74) is 1.01. The van der Waals surface area contributed by atoms with Crippen molar-refractivity contribution in [3.63, 3.8) is 0 Å². The average molecular weight is 434 g/mol. The van der Waals surface area contributed by atoms with Gasteiger partial charge in [0.1, 0.15) is 5.54 Å². The van der Waals surface area contributed by atoms with Crippen molar-refractivity contribution in [3.05, 3.63) is 42.0 Å². The highest BCUT2D eigenvalue weighted by atomic mass is 35.5. The SMILES string of the molecule is Cl.O=C(Nc1nc(-c2ccc3c(c2)OCO3)cs1)C1(n2cccn2)CCNCC1. The molecule has 0 bridgehead atoms. The number of nitrogens with zero attached hydrogens (tertiary/aromatic N) is 3. The maximum absolute atomic E-state index is 13.2. The topological polar surface area (TPSA) is 90.3 Å². The van der Waals surface area contributed by atoms with Crippen LogP contribution in [0.2, 0.25) is 0 Å². The lowest BCUT2D eigenvalue weighted by molar-refractivity contribution is -0.126. The van der Waals surface area contributed by atoms with Crippen LogP contribution >= 0.6 is 23.7 Å². The third-order valence-corrected chi connectivity index (χ3v) is 5.95. The Morgan fingerprint density at radius 2 is 2.07 bits per heavy atom. The molecule has 0 aliphatic carbocycles. The zero-order valence-corrected chi connectivity index (χ0v) is 17.1. The molecule has 1 aromatic carbocycles. The molecule has 0 radical (unpaired) electrons. The van der Waals surface area contributed by atoms with Gasteiger partial charge in [0.05, 0.1) is 5.69 Å². The van der Waals surface area contributed by atoms with E-state index >= 15 is 0 Å². The van der Waals surface area contributed by atoms with E-state index in [0.717, 1.165) is 30.1 Å². The fourth-order valence-electron chi connectivity index (χ4n) is 3.66. The van der Waals surface area contributed by atoms with Crippen LogP contribution < -0.4 is 20.1 Å². The van der Waals surface area contributed by atoms with E-state index in [0.29, 0.717) is 23.7 Å². The number of hydrogen-bond donors (Lipinski definition) is 2. The molecule has 1 fully saturated rings. The van der Waals surface area contributed by atoms with Crippen molar-refractivity contribution in [2.24, 2.45) is 0 Å². The molecule has 10 heteroatoms. The molecule has 29 heavy (non-hydrogen) atoms. The number of hydrogen-bond acceptors (Lipinski definition) is 7. The van der Waals surface area contributed by atoms with E-state index in [1.54, 1.807) is 10.9 Å². The molecule has 152 valence electrons. The highest BCUT2D eigenvalue weighted by Gasteiger charge is 2.42. The van der Waals surface area contributed by atoms with Gasteiger partial charge in [0, 0.05) is 23.3 Å². The van der Waals surface area contributed by atoms with Crippen molar-refractivity contribution in [2.75, 3.05) is 25.2 Å². The number of ether oxygens (including phenoxy) is 2. The summed E-state index contributed by atoms with van der Waals surface area (Å²) < 4.78 is 12.6. The molecule has 5 rings (SSSR count). The van der Waals surface area contributed by atoms with Crippen LogP contribution in [0.4, 0.5) is 5.13 Å². The number of aromatic nitrogens is 3. The Morgan fingerprint density at radius 1 is 1.24 bits per heavy atom. The summed E-state index contributed by atoms with van der Waals surface area (Å²) in [7, 11) is 0. The Hall–Kier alpha value is -2.62. The Morgan fingerprint density at radius 3 is 2.86 bits per heavy atom. The smallest absolute Gasteiger partial charge is 0.254 e. The first-order valence-corrected chi connectivity index (χ1v) is 10.0. The lowest BCUT2D eigenvalue weighted by Gasteiger charge is -2.36. The van der Waals surface area contributed by atoms with Gasteiger partial charge in [0.15, 0.2) is 16.6 Å². The van der Waals surface area contributed by atoms with E-state index in [9.17, 15) is 4.79 Å². The van der Waals surface area contributed by atoms with E-state index in [1.807, 2.05) is 35.8 Å². The number of amides is 1. The molecule has 8 nitrogen and oxygen atoms in total. The molecule has 0 spiro atoms. The van der Waals surface area contributed by atoms with E-state index < -0.39 is 5.54 Å². The largest absolute Gasteiger partial charge is 0.454 e. The number of fused-ring (bicyclic) bond motifs is 1. The van der Waals surface area contributed by atoms with Gasteiger partial charge in [-0.3, -0.25) is 14.8 Å². The summed E-state index contributed by atoms with van der Waals surface area (Å²) in [5, 5.41) is 13.2. The van der Waals surface area contributed by atoms with E-state index in [4.69, 9.17) is 9.47 Å². The van der Waals surface area contributed by atoms with Gasteiger partial charge in [-0.25, -0.2) is 4.98 Å². The van der Waals surface area contributed by atoms with Gasteiger partial charge in [-0.1, -0.05) is 0 Å². The molecule has 2 N–H and O–H groups in total. The number of piperidine rings is 1. The number of halogens is 1. The van der Waals surface area contributed by atoms with Gasteiger partial charge in [0.2, 0.25) is 6.79 Å². The third-order valence-electron chi connectivity index (χ3n) is 5.19. The fraction of sp³-hybridized carbons (Fsp3) is 0.316. The number of thiazole rings is 1. The van der Waals surface area contributed by atoms with Gasteiger partial charge in [-0.05, 0) is 50.2 Å². The minimum atomic E-state index is -0.695. The number of nitrogens with one attached hydrogen (secondary N) is 2. The zero-order valence-electron chi connectivity index (χ0n) is 15.5. The second-order valence-electron chi connectivity index (χ2n) is 6.79. The van der Waals surface area contributed by atoms with Crippen molar-refractivity contribution < 1.29 is 14.3 Å². The molecule has 0 saturated carbocycles.